The molecule has 0 bridgehead atoms. The standard InChI is InChI=1S/C23H26F4N4O.2ClH/c1-30-9-10-31(14-17(30)4-3-11-32-2)22-18-12-15(23(25,26)27)5-7-19(18)28-21-13-16(24)6-8-20(21)29-22;;/h5-8,12-13,17,28H,3-4,9-11,14H2,1-2H3;2*1H. The molecule has 0 amide bonds. The van der Waals surface area contributed by atoms with E-state index in [0.29, 0.717) is 48.2 Å². The molecule has 1 unspecified atom stereocenters. The molecule has 2 aliphatic heterocycles. The van der Waals surface area contributed by atoms with Gasteiger partial charge in [0.1, 0.15) is 11.7 Å². The second-order valence-electron chi connectivity index (χ2n) is 8.20. The number of amidine groups is 1. The molecule has 0 aromatic heterocycles. The first kappa shape index (κ1) is 28.2. The summed E-state index contributed by atoms with van der Waals surface area (Å²) in [7, 11) is 3.72. The highest BCUT2D eigenvalue weighted by molar-refractivity contribution is 6.08. The molecule has 2 aliphatic rings. The molecule has 5 nitrogen and oxygen atoms in total. The van der Waals surface area contributed by atoms with Crippen molar-refractivity contribution < 1.29 is 22.3 Å². The third kappa shape index (κ3) is 6.13. The summed E-state index contributed by atoms with van der Waals surface area (Å²) in [5.41, 5.74) is 0.994. The summed E-state index contributed by atoms with van der Waals surface area (Å²) < 4.78 is 59.5. The van der Waals surface area contributed by atoms with Crippen LogP contribution in [0, 0.1) is 5.82 Å². The number of likely N-dealkylation sites (N-methyl/N-ethyl adjacent to an activating group) is 1. The predicted octanol–water partition coefficient (Wildman–Crippen LogP) is 5.87. The summed E-state index contributed by atoms with van der Waals surface area (Å²) in [5, 5.41) is 3.08. The Morgan fingerprint density at radius 2 is 1.85 bits per heavy atom. The third-order valence-electron chi connectivity index (χ3n) is 6.00. The number of methoxy groups -OCH3 is 1. The monoisotopic (exact) mass is 522 g/mol. The maximum atomic E-state index is 13.9. The molecule has 0 aliphatic carbocycles. The van der Waals surface area contributed by atoms with Crippen molar-refractivity contribution >= 4 is 47.7 Å². The van der Waals surface area contributed by atoms with Crippen molar-refractivity contribution in [2.75, 3.05) is 45.7 Å². The highest BCUT2D eigenvalue weighted by atomic mass is 35.5. The van der Waals surface area contributed by atoms with E-state index in [1.807, 2.05) is 4.90 Å². The second-order valence-corrected chi connectivity index (χ2v) is 8.20. The van der Waals surface area contributed by atoms with Gasteiger partial charge < -0.3 is 15.0 Å². The van der Waals surface area contributed by atoms with Crippen molar-refractivity contribution in [1.82, 2.24) is 9.80 Å². The summed E-state index contributed by atoms with van der Waals surface area (Å²) in [6.07, 6.45) is -2.68. The number of halogens is 6. The number of alkyl halides is 3. The van der Waals surface area contributed by atoms with Gasteiger partial charge in [0, 0.05) is 50.6 Å². The first-order valence-electron chi connectivity index (χ1n) is 10.6. The second kappa shape index (κ2) is 11.6. The van der Waals surface area contributed by atoms with Gasteiger partial charge in [0.05, 0.1) is 16.9 Å². The predicted molar refractivity (Wildman–Crippen MR) is 131 cm³/mol. The molecule has 2 aromatic carbocycles. The normalized spacial score (nSPS) is 17.9. The number of hydrogen-bond acceptors (Lipinski definition) is 5. The summed E-state index contributed by atoms with van der Waals surface area (Å²) in [6.45, 7) is 2.67. The number of fused-ring (bicyclic) bond motifs is 2. The van der Waals surface area contributed by atoms with E-state index in [1.165, 1.54) is 18.2 Å². The molecule has 0 spiro atoms. The lowest BCUT2D eigenvalue weighted by Gasteiger charge is -2.41. The van der Waals surface area contributed by atoms with Gasteiger partial charge in [-0.25, -0.2) is 9.38 Å². The number of anilines is 2. The van der Waals surface area contributed by atoms with E-state index < -0.39 is 17.6 Å². The first-order valence-corrected chi connectivity index (χ1v) is 10.6. The molecule has 0 radical (unpaired) electrons. The molecule has 2 aromatic rings. The number of ether oxygens (including phenoxy) is 1. The van der Waals surface area contributed by atoms with Gasteiger partial charge >= 0.3 is 6.18 Å². The van der Waals surface area contributed by atoms with Crippen molar-refractivity contribution in [2.24, 2.45) is 4.99 Å². The van der Waals surface area contributed by atoms with Gasteiger partial charge in [-0.1, -0.05) is 0 Å². The molecule has 188 valence electrons. The van der Waals surface area contributed by atoms with Gasteiger partial charge in [0.25, 0.3) is 0 Å². The zero-order valence-corrected chi connectivity index (χ0v) is 20.5. The van der Waals surface area contributed by atoms with Crippen molar-refractivity contribution in [3.63, 3.8) is 0 Å². The van der Waals surface area contributed by atoms with E-state index in [9.17, 15) is 17.6 Å². The summed E-state index contributed by atoms with van der Waals surface area (Å²) in [6, 6.07) is 7.92. The van der Waals surface area contributed by atoms with Gasteiger partial charge in [0.15, 0.2) is 0 Å². The number of nitrogens with zero attached hydrogens (tertiary/aromatic N) is 3. The fraction of sp³-hybridized carbons (Fsp3) is 0.435. The molecule has 11 heteroatoms. The molecule has 1 atom stereocenters. The fourth-order valence-electron chi connectivity index (χ4n) is 4.19. The van der Waals surface area contributed by atoms with Gasteiger partial charge in [0.2, 0.25) is 0 Å². The highest BCUT2D eigenvalue weighted by Crippen LogP contribution is 2.38. The lowest BCUT2D eigenvalue weighted by atomic mass is 10.0. The fourth-order valence-corrected chi connectivity index (χ4v) is 4.19. The molecule has 1 N–H and O–H groups in total. The number of rotatable bonds is 4. The van der Waals surface area contributed by atoms with E-state index in [2.05, 4.69) is 17.3 Å². The van der Waals surface area contributed by atoms with Crippen LogP contribution in [0.15, 0.2) is 41.4 Å². The molecule has 34 heavy (non-hydrogen) atoms. The Morgan fingerprint density at radius 1 is 1.09 bits per heavy atom. The minimum absolute atomic E-state index is 0. The van der Waals surface area contributed by atoms with Crippen LogP contribution in [0.3, 0.4) is 0 Å². The molecular formula is C23H28Cl2F4N4O. The maximum absolute atomic E-state index is 13.9. The third-order valence-corrected chi connectivity index (χ3v) is 6.00. The van der Waals surface area contributed by atoms with Crippen LogP contribution < -0.4 is 5.32 Å². The number of nitrogens with one attached hydrogen (secondary N) is 1. The molecule has 4 rings (SSSR count). The Bertz CT molecular complexity index is 1020. The van der Waals surface area contributed by atoms with Crippen molar-refractivity contribution in [3.05, 3.63) is 53.3 Å². The molecule has 1 fully saturated rings. The molecule has 0 saturated carbocycles. The molecule has 2 heterocycles. The van der Waals surface area contributed by atoms with Crippen LogP contribution in [0.2, 0.25) is 0 Å². The van der Waals surface area contributed by atoms with Crippen LogP contribution in [0.4, 0.5) is 34.6 Å². The van der Waals surface area contributed by atoms with Crippen molar-refractivity contribution in [2.45, 2.75) is 25.1 Å². The average Bonchev–Trinajstić information content (AvgIpc) is 2.90. The van der Waals surface area contributed by atoms with Crippen LogP contribution in [0.1, 0.15) is 24.0 Å². The van der Waals surface area contributed by atoms with Crippen LogP contribution in [-0.4, -0.2) is 62.1 Å². The quantitative estimate of drug-likeness (QED) is 0.403. The lowest BCUT2D eigenvalue weighted by molar-refractivity contribution is -0.137. The topological polar surface area (TPSA) is 40.1 Å². The number of benzene rings is 2. The zero-order chi connectivity index (χ0) is 22.9. The number of aliphatic imine (C=N–C) groups is 1. The van der Waals surface area contributed by atoms with E-state index in [0.717, 1.165) is 31.5 Å². The van der Waals surface area contributed by atoms with Gasteiger partial charge in [-0.2, -0.15) is 13.2 Å². The van der Waals surface area contributed by atoms with E-state index in [1.54, 1.807) is 13.2 Å². The van der Waals surface area contributed by atoms with Crippen molar-refractivity contribution in [1.29, 1.82) is 0 Å². The Labute approximate surface area is 209 Å². The van der Waals surface area contributed by atoms with Crippen LogP contribution in [0.25, 0.3) is 0 Å². The Hall–Kier alpha value is -2.07. The summed E-state index contributed by atoms with van der Waals surface area (Å²) in [4.78, 5) is 9.03. The van der Waals surface area contributed by atoms with Crippen molar-refractivity contribution in [3.8, 4) is 0 Å². The van der Waals surface area contributed by atoms with Gasteiger partial charge in [-0.15, -0.1) is 24.8 Å². The average molecular weight is 523 g/mol. The Balaban J connectivity index is 0.00000204. The molecular weight excluding hydrogens is 495 g/mol. The highest BCUT2D eigenvalue weighted by Gasteiger charge is 2.34. The van der Waals surface area contributed by atoms with Crippen LogP contribution in [-0.2, 0) is 10.9 Å². The minimum Gasteiger partial charge on any atom is -0.385 e. The summed E-state index contributed by atoms with van der Waals surface area (Å²) in [5.74, 6) is 0.0231. The SMILES string of the molecule is COCCCC1CN(C2=Nc3ccc(F)cc3Nc3ccc(C(F)(F)F)cc32)CCN1C.Cl.Cl. The van der Waals surface area contributed by atoms with Crippen LogP contribution in [0.5, 0.6) is 0 Å². The summed E-state index contributed by atoms with van der Waals surface area (Å²) >= 11 is 0. The number of hydrogen-bond donors (Lipinski definition) is 1. The number of piperazine rings is 1. The van der Waals surface area contributed by atoms with Gasteiger partial charge in [-0.05, 0) is 56.3 Å². The zero-order valence-electron chi connectivity index (χ0n) is 18.9. The van der Waals surface area contributed by atoms with E-state index in [-0.39, 0.29) is 30.9 Å². The van der Waals surface area contributed by atoms with Gasteiger partial charge in [-0.3, -0.25) is 4.90 Å². The van der Waals surface area contributed by atoms with Crippen LogP contribution >= 0.6 is 24.8 Å². The Kier molecular flexibility index (Phi) is 9.59. The lowest BCUT2D eigenvalue weighted by Crippen LogP contribution is -2.53. The largest absolute Gasteiger partial charge is 0.416 e. The van der Waals surface area contributed by atoms with E-state index >= 15 is 0 Å². The smallest absolute Gasteiger partial charge is 0.385 e. The minimum atomic E-state index is -4.48. The molecule has 1 saturated heterocycles. The first-order chi connectivity index (χ1) is 15.3. The van der Waals surface area contributed by atoms with E-state index in [4.69, 9.17) is 9.73 Å². The maximum Gasteiger partial charge on any atom is 0.416 e. The Morgan fingerprint density at radius 3 is 2.56 bits per heavy atom.